The molecule has 1 N–H and O–H groups in total. The molecule has 0 radical (unpaired) electrons. The lowest BCUT2D eigenvalue weighted by Crippen LogP contribution is -2.25. The van der Waals surface area contributed by atoms with Crippen LogP contribution in [0, 0.1) is 6.92 Å². The Morgan fingerprint density at radius 2 is 1.86 bits per heavy atom. The summed E-state index contributed by atoms with van der Waals surface area (Å²) in [6.07, 6.45) is -3.58. The molecule has 1 aliphatic rings. The van der Waals surface area contributed by atoms with Gasteiger partial charge in [0.1, 0.15) is 0 Å². The Kier molecular flexibility index (Phi) is 3.49. The van der Waals surface area contributed by atoms with Crippen LogP contribution in [0.2, 0.25) is 0 Å². The van der Waals surface area contributed by atoms with Gasteiger partial charge in [-0.25, -0.2) is 0 Å². The average Bonchev–Trinajstić information content (AvgIpc) is 2.73. The topological polar surface area (TPSA) is 30.5 Å². The first kappa shape index (κ1) is 14.1. The van der Waals surface area contributed by atoms with Crippen LogP contribution in [-0.4, -0.2) is 6.29 Å². The highest BCUT2D eigenvalue weighted by Gasteiger charge is 2.43. The van der Waals surface area contributed by atoms with E-state index in [1.165, 1.54) is 12.1 Å². The molecule has 0 amide bonds. The summed E-state index contributed by atoms with van der Waals surface area (Å²) in [6, 6.07) is 10.7. The summed E-state index contributed by atoms with van der Waals surface area (Å²) < 4.78 is 35.7. The number of hydrogen-bond acceptors (Lipinski definition) is 3. The third-order valence-electron chi connectivity index (χ3n) is 3.12. The largest absolute Gasteiger partial charge is 0.586 e. The zero-order chi connectivity index (χ0) is 15.0. The summed E-state index contributed by atoms with van der Waals surface area (Å²) in [5.74, 6) is 0.0852. The summed E-state index contributed by atoms with van der Waals surface area (Å²) in [5, 5.41) is 3.17. The zero-order valence-corrected chi connectivity index (χ0v) is 12.7. The van der Waals surface area contributed by atoms with Crippen LogP contribution in [0.25, 0.3) is 0 Å². The summed E-state index contributed by atoms with van der Waals surface area (Å²) in [4.78, 5) is 0. The minimum atomic E-state index is -3.58. The average molecular weight is 356 g/mol. The van der Waals surface area contributed by atoms with Crippen molar-refractivity contribution in [2.75, 3.05) is 5.32 Å². The fraction of sp³-hybridized carbons (Fsp3) is 0.200. The summed E-state index contributed by atoms with van der Waals surface area (Å²) >= 11 is 3.45. The molecule has 2 aromatic carbocycles. The standard InChI is InChI=1S/C15H12BrF2NO2/c1-9-6-10(2-4-12(9)16)8-19-11-3-5-13-14(7-11)21-15(17,18)20-13/h2-7,19H,8H2,1H3. The van der Waals surface area contributed by atoms with Crippen molar-refractivity contribution >= 4 is 21.6 Å². The van der Waals surface area contributed by atoms with Gasteiger partial charge in [-0.3, -0.25) is 0 Å². The Morgan fingerprint density at radius 1 is 1.10 bits per heavy atom. The summed E-state index contributed by atoms with van der Waals surface area (Å²) in [6.45, 7) is 2.60. The molecule has 0 atom stereocenters. The van der Waals surface area contributed by atoms with Crippen molar-refractivity contribution in [3.05, 3.63) is 52.0 Å². The second-order valence-electron chi connectivity index (χ2n) is 4.77. The van der Waals surface area contributed by atoms with Gasteiger partial charge >= 0.3 is 6.29 Å². The van der Waals surface area contributed by atoms with E-state index >= 15 is 0 Å². The number of hydrogen-bond donors (Lipinski definition) is 1. The number of halogens is 3. The molecule has 0 saturated heterocycles. The van der Waals surface area contributed by atoms with Crippen LogP contribution in [0.4, 0.5) is 14.5 Å². The molecule has 0 aromatic heterocycles. The lowest BCUT2D eigenvalue weighted by atomic mass is 10.1. The minimum absolute atomic E-state index is 0.0389. The molecule has 0 fully saturated rings. The normalized spacial score (nSPS) is 15.0. The van der Waals surface area contributed by atoms with Gasteiger partial charge in [0.25, 0.3) is 0 Å². The molecular weight excluding hydrogens is 344 g/mol. The molecule has 1 aliphatic heterocycles. The summed E-state index contributed by atoms with van der Waals surface area (Å²) in [5.41, 5.74) is 2.92. The Balaban J connectivity index is 1.71. The number of benzene rings is 2. The fourth-order valence-electron chi connectivity index (χ4n) is 2.08. The van der Waals surface area contributed by atoms with Gasteiger partial charge in [0, 0.05) is 22.8 Å². The first-order valence-corrected chi connectivity index (χ1v) is 7.11. The minimum Gasteiger partial charge on any atom is -0.395 e. The molecule has 110 valence electrons. The van der Waals surface area contributed by atoms with Crippen molar-refractivity contribution in [2.45, 2.75) is 19.8 Å². The van der Waals surface area contributed by atoms with Gasteiger partial charge in [-0.1, -0.05) is 28.1 Å². The molecule has 2 aromatic rings. The second kappa shape index (κ2) is 5.18. The van der Waals surface area contributed by atoms with Crippen molar-refractivity contribution in [3.8, 4) is 11.5 Å². The maximum Gasteiger partial charge on any atom is 0.586 e. The fourth-order valence-corrected chi connectivity index (χ4v) is 2.33. The lowest BCUT2D eigenvalue weighted by molar-refractivity contribution is -0.286. The van der Waals surface area contributed by atoms with Crippen molar-refractivity contribution in [1.82, 2.24) is 0 Å². The number of alkyl halides is 2. The number of fused-ring (bicyclic) bond motifs is 1. The van der Waals surface area contributed by atoms with Crippen LogP contribution >= 0.6 is 15.9 Å². The summed E-state index contributed by atoms with van der Waals surface area (Å²) in [7, 11) is 0. The van der Waals surface area contributed by atoms with E-state index < -0.39 is 6.29 Å². The Labute approximate surface area is 129 Å². The molecule has 0 saturated carbocycles. The van der Waals surface area contributed by atoms with Gasteiger partial charge in [0.05, 0.1) is 0 Å². The Hall–Kier alpha value is -1.82. The highest BCUT2D eigenvalue weighted by molar-refractivity contribution is 9.10. The molecule has 3 rings (SSSR count). The second-order valence-corrected chi connectivity index (χ2v) is 5.62. The van der Waals surface area contributed by atoms with E-state index in [0.29, 0.717) is 12.2 Å². The molecule has 0 aliphatic carbocycles. The van der Waals surface area contributed by atoms with Gasteiger partial charge < -0.3 is 14.8 Å². The van der Waals surface area contributed by atoms with Crippen molar-refractivity contribution in [3.63, 3.8) is 0 Å². The number of aryl methyl sites for hydroxylation is 1. The Bertz CT molecular complexity index is 691. The highest BCUT2D eigenvalue weighted by atomic mass is 79.9. The molecule has 0 spiro atoms. The molecule has 21 heavy (non-hydrogen) atoms. The predicted molar refractivity (Wildman–Crippen MR) is 78.9 cm³/mol. The third-order valence-corrected chi connectivity index (χ3v) is 4.01. The number of anilines is 1. The lowest BCUT2D eigenvalue weighted by Gasteiger charge is -2.08. The molecule has 0 unspecified atom stereocenters. The quantitative estimate of drug-likeness (QED) is 0.866. The van der Waals surface area contributed by atoms with Crippen LogP contribution in [0.15, 0.2) is 40.9 Å². The van der Waals surface area contributed by atoms with Crippen molar-refractivity contribution < 1.29 is 18.3 Å². The molecule has 3 nitrogen and oxygen atoms in total. The van der Waals surface area contributed by atoms with E-state index in [0.717, 1.165) is 15.6 Å². The van der Waals surface area contributed by atoms with E-state index in [1.54, 1.807) is 6.07 Å². The van der Waals surface area contributed by atoms with Crippen molar-refractivity contribution in [2.24, 2.45) is 0 Å². The van der Waals surface area contributed by atoms with Crippen LogP contribution in [-0.2, 0) is 6.54 Å². The van der Waals surface area contributed by atoms with E-state index in [2.05, 4.69) is 36.8 Å². The van der Waals surface area contributed by atoms with Gasteiger partial charge in [0.15, 0.2) is 11.5 Å². The predicted octanol–water partition coefficient (Wildman–Crippen LogP) is 4.69. The SMILES string of the molecule is Cc1cc(CNc2ccc3c(c2)OC(F)(F)O3)ccc1Br. The Morgan fingerprint density at radius 3 is 2.62 bits per heavy atom. The third kappa shape index (κ3) is 3.10. The van der Waals surface area contributed by atoms with Gasteiger partial charge in [-0.05, 0) is 36.2 Å². The van der Waals surface area contributed by atoms with Crippen LogP contribution in [0.5, 0.6) is 11.5 Å². The van der Waals surface area contributed by atoms with Crippen LogP contribution in [0.1, 0.15) is 11.1 Å². The van der Waals surface area contributed by atoms with Gasteiger partial charge in [-0.15, -0.1) is 8.78 Å². The molecular formula is C15H12BrF2NO2. The highest BCUT2D eigenvalue weighted by Crippen LogP contribution is 2.42. The smallest absolute Gasteiger partial charge is 0.395 e. The van der Waals surface area contributed by atoms with Gasteiger partial charge in [0.2, 0.25) is 0 Å². The number of ether oxygens (including phenoxy) is 2. The first-order valence-electron chi connectivity index (χ1n) is 6.32. The molecule has 0 bridgehead atoms. The van der Waals surface area contributed by atoms with Crippen LogP contribution in [0.3, 0.4) is 0 Å². The number of nitrogens with one attached hydrogen (secondary N) is 1. The van der Waals surface area contributed by atoms with E-state index in [4.69, 9.17) is 0 Å². The van der Waals surface area contributed by atoms with E-state index in [1.807, 2.05) is 19.1 Å². The van der Waals surface area contributed by atoms with Crippen molar-refractivity contribution in [1.29, 1.82) is 0 Å². The van der Waals surface area contributed by atoms with E-state index in [9.17, 15) is 8.78 Å². The van der Waals surface area contributed by atoms with Crippen LogP contribution < -0.4 is 14.8 Å². The first-order chi connectivity index (χ1) is 9.93. The maximum absolute atomic E-state index is 12.9. The van der Waals surface area contributed by atoms with E-state index in [-0.39, 0.29) is 11.5 Å². The molecule has 1 heterocycles. The maximum atomic E-state index is 12.9. The monoisotopic (exact) mass is 355 g/mol. The zero-order valence-electron chi connectivity index (χ0n) is 11.1. The number of rotatable bonds is 3. The van der Waals surface area contributed by atoms with Gasteiger partial charge in [-0.2, -0.15) is 0 Å². The molecule has 6 heteroatoms.